The maximum atomic E-state index is 11.8. The van der Waals surface area contributed by atoms with Crippen LogP contribution in [0.3, 0.4) is 0 Å². The fourth-order valence-corrected chi connectivity index (χ4v) is 2.34. The summed E-state index contributed by atoms with van der Waals surface area (Å²) in [4.78, 5) is 11.8. The van der Waals surface area contributed by atoms with Crippen molar-refractivity contribution >= 4 is 11.4 Å². The Morgan fingerprint density at radius 3 is 2.70 bits per heavy atom. The normalized spacial score (nSPS) is 13.3. The zero-order valence-corrected chi connectivity index (χ0v) is 13.3. The van der Waals surface area contributed by atoms with Crippen molar-refractivity contribution in [3.63, 3.8) is 0 Å². The molecule has 1 aromatic carbocycles. The van der Waals surface area contributed by atoms with Crippen molar-refractivity contribution in [2.45, 2.75) is 26.2 Å². The molecule has 0 aliphatic heterocycles. The number of benzene rings is 1. The van der Waals surface area contributed by atoms with E-state index in [1.54, 1.807) is 6.08 Å². The maximum Gasteiger partial charge on any atom is 0.120 e. The van der Waals surface area contributed by atoms with Gasteiger partial charge in [0.1, 0.15) is 5.78 Å². The molecule has 0 unspecified atom stereocenters. The predicted molar refractivity (Wildman–Crippen MR) is 80.9 cm³/mol. The number of ketones is 1. The van der Waals surface area contributed by atoms with E-state index in [1.807, 2.05) is 36.4 Å². The summed E-state index contributed by atoms with van der Waals surface area (Å²) in [6, 6.07) is 7.81. The van der Waals surface area contributed by atoms with Gasteiger partial charge in [0.2, 0.25) is 0 Å². The van der Waals surface area contributed by atoms with E-state index >= 15 is 0 Å². The minimum atomic E-state index is 0. The Labute approximate surface area is 134 Å². The van der Waals surface area contributed by atoms with E-state index in [9.17, 15) is 4.79 Å². The van der Waals surface area contributed by atoms with Gasteiger partial charge in [-0.2, -0.15) is 12.0 Å². The second-order valence-corrected chi connectivity index (χ2v) is 4.85. The molecule has 0 aromatic heterocycles. The van der Waals surface area contributed by atoms with Gasteiger partial charge in [-0.3, -0.25) is 0 Å². The number of carbonyl (C=O) groups is 1. The fraction of sp³-hybridized carbons (Fsp3) is 0.222. The molecule has 0 saturated carbocycles. The number of fused-ring (bicyclic) bond motifs is 1. The van der Waals surface area contributed by atoms with Crippen molar-refractivity contribution in [1.82, 2.24) is 0 Å². The minimum Gasteiger partial charge on any atom is -0.305 e. The average Bonchev–Trinajstić information content (AvgIpc) is 2.73. The maximum absolute atomic E-state index is 11.8. The van der Waals surface area contributed by atoms with Crippen LogP contribution in [0.2, 0.25) is 0 Å². The average molecular weight is 354 g/mol. The molecule has 1 aliphatic rings. The van der Waals surface area contributed by atoms with E-state index in [-0.39, 0.29) is 25.3 Å². The van der Waals surface area contributed by atoms with Crippen LogP contribution in [0.4, 0.5) is 0 Å². The molecule has 1 radical (unpaired) electrons. The van der Waals surface area contributed by atoms with Crippen LogP contribution >= 0.6 is 0 Å². The Bertz CT molecular complexity index is 552. The Morgan fingerprint density at radius 1 is 1.30 bits per heavy atom. The number of hydrogen-bond acceptors (Lipinski definition) is 1. The molecule has 2 rings (SSSR count). The molecule has 0 bridgehead atoms. The van der Waals surface area contributed by atoms with Crippen molar-refractivity contribution < 1.29 is 24.3 Å². The van der Waals surface area contributed by atoms with Crippen LogP contribution in [0.1, 0.15) is 42.1 Å². The molecule has 0 fully saturated rings. The molecule has 20 heavy (non-hydrogen) atoms. The van der Waals surface area contributed by atoms with Gasteiger partial charge in [0, 0.05) is 19.5 Å². The number of carbonyl (C=O) groups excluding carboxylic acids is 1. The monoisotopic (exact) mass is 354 g/mol. The van der Waals surface area contributed by atoms with Crippen molar-refractivity contribution in [3.05, 3.63) is 72.2 Å². The van der Waals surface area contributed by atoms with Crippen LogP contribution in [0.15, 0.2) is 54.6 Å². The summed E-state index contributed by atoms with van der Waals surface area (Å²) in [5.74, 6) is 0.129. The second kappa shape index (κ2) is 8.02. The minimum absolute atomic E-state index is 0. The summed E-state index contributed by atoms with van der Waals surface area (Å²) in [5, 5.41) is 0. The summed E-state index contributed by atoms with van der Waals surface area (Å²) < 4.78 is 0. The van der Waals surface area contributed by atoms with E-state index in [0.717, 1.165) is 36.0 Å². The van der Waals surface area contributed by atoms with Gasteiger partial charge in [-0.05, 0) is 18.9 Å². The number of hydrogen-bond donors (Lipinski definition) is 0. The number of allylic oxidation sites excluding steroid dienone is 5. The van der Waals surface area contributed by atoms with E-state index in [1.165, 1.54) is 5.57 Å². The Balaban J connectivity index is 0.00000200. The van der Waals surface area contributed by atoms with Crippen molar-refractivity contribution in [1.29, 1.82) is 0 Å². The molecule has 1 nitrogen and oxygen atoms in total. The Kier molecular flexibility index (Phi) is 6.68. The van der Waals surface area contributed by atoms with Gasteiger partial charge in [0.25, 0.3) is 0 Å². The van der Waals surface area contributed by atoms with E-state index in [4.69, 9.17) is 0 Å². The van der Waals surface area contributed by atoms with Crippen molar-refractivity contribution in [3.8, 4) is 0 Å². The zero-order valence-electron chi connectivity index (χ0n) is 11.7. The molecule has 0 amide bonds. The first kappa shape index (κ1) is 16.7. The van der Waals surface area contributed by atoms with Gasteiger partial charge in [0.05, 0.1) is 0 Å². The first-order chi connectivity index (χ1) is 9.22. The predicted octanol–water partition coefficient (Wildman–Crippen LogP) is 4.77. The van der Waals surface area contributed by atoms with Crippen LogP contribution < -0.4 is 0 Å². The van der Waals surface area contributed by atoms with Gasteiger partial charge < -0.3 is 4.79 Å². The first-order valence-corrected chi connectivity index (χ1v) is 6.69. The van der Waals surface area contributed by atoms with Crippen LogP contribution in [-0.4, -0.2) is 5.78 Å². The van der Waals surface area contributed by atoms with Crippen molar-refractivity contribution in [2.75, 3.05) is 0 Å². The van der Waals surface area contributed by atoms with Crippen molar-refractivity contribution in [2.24, 2.45) is 0 Å². The second-order valence-electron chi connectivity index (χ2n) is 4.85. The zero-order chi connectivity index (χ0) is 13.7. The summed E-state index contributed by atoms with van der Waals surface area (Å²) in [6.45, 7) is 5.81. The smallest absolute Gasteiger partial charge is 0.120 e. The summed E-state index contributed by atoms with van der Waals surface area (Å²) in [7, 11) is 0. The third kappa shape index (κ3) is 4.05. The molecule has 2 heteroatoms. The molecule has 0 heterocycles. The Hall–Kier alpha value is -1.40. The van der Waals surface area contributed by atoms with Gasteiger partial charge in [-0.25, -0.2) is 0 Å². The van der Waals surface area contributed by atoms with Crippen LogP contribution in [0.5, 0.6) is 0 Å². The summed E-state index contributed by atoms with van der Waals surface area (Å²) in [5.41, 5.74) is 4.33. The fourth-order valence-electron chi connectivity index (χ4n) is 2.34. The molecule has 0 N–H and O–H groups in total. The summed E-state index contributed by atoms with van der Waals surface area (Å²) in [6.07, 6.45) is 11.0. The van der Waals surface area contributed by atoms with Crippen LogP contribution in [-0.2, 0) is 19.5 Å². The van der Waals surface area contributed by atoms with Crippen LogP contribution in [0.25, 0.3) is 5.57 Å². The quantitative estimate of drug-likeness (QED) is 0.311. The molecule has 107 valence electrons. The van der Waals surface area contributed by atoms with Gasteiger partial charge in [0.15, 0.2) is 0 Å². The Morgan fingerprint density at radius 2 is 2.00 bits per heavy atom. The largest absolute Gasteiger partial charge is 0.305 e. The van der Waals surface area contributed by atoms with E-state index in [0.29, 0.717) is 0 Å². The molecule has 1 aromatic rings. The molecule has 1 aliphatic carbocycles. The van der Waals surface area contributed by atoms with Gasteiger partial charge in [-0.15, -0.1) is 17.7 Å². The number of unbranched alkanes of at least 4 members (excludes halogenated alkanes) is 1. The third-order valence-corrected chi connectivity index (χ3v) is 3.33. The summed E-state index contributed by atoms with van der Waals surface area (Å²) >= 11 is 0. The van der Waals surface area contributed by atoms with Crippen LogP contribution in [0, 0.1) is 6.42 Å². The number of rotatable bonds is 6. The third-order valence-electron chi connectivity index (χ3n) is 3.33. The van der Waals surface area contributed by atoms with E-state index in [2.05, 4.69) is 19.9 Å². The van der Waals surface area contributed by atoms with Gasteiger partial charge in [-0.1, -0.05) is 55.3 Å². The SMILES string of the molecule is C=C/C=C(\C)CCC[CH-]C1=CC(=O)c2ccccc21.[Rh]. The molecular weight excluding hydrogens is 335 g/mol. The molecular formula is C18H19ORh-. The van der Waals surface area contributed by atoms with E-state index < -0.39 is 0 Å². The molecule has 0 atom stereocenters. The molecule has 0 saturated heterocycles. The topological polar surface area (TPSA) is 17.1 Å². The molecule has 0 spiro atoms. The van der Waals surface area contributed by atoms with Gasteiger partial charge >= 0.3 is 0 Å². The standard InChI is InChI=1S/C18H19O.Rh/c1-3-8-14(2)9-4-5-10-15-13-18(19)17-12-7-6-11-16(15)17;/h3,6-8,10-13H,1,4-5,9H2,2H3;/q-1;/b14-8+;. The first-order valence-electron chi connectivity index (χ1n) is 6.69.